The number of hydrogen-bond acceptors (Lipinski definition) is 3. The van der Waals surface area contributed by atoms with Gasteiger partial charge in [0.25, 0.3) is 0 Å². The predicted octanol–water partition coefficient (Wildman–Crippen LogP) is 1.74. The Morgan fingerprint density at radius 2 is 1.82 bits per heavy atom. The minimum Gasteiger partial charge on any atom is -0.345 e. The van der Waals surface area contributed by atoms with Gasteiger partial charge in [0.2, 0.25) is 15.9 Å². The van der Waals surface area contributed by atoms with Crippen molar-refractivity contribution in [2.24, 2.45) is 5.92 Å². The number of nitrogens with one attached hydrogen (secondary N) is 1. The molecule has 1 amide bonds. The first kappa shape index (κ1) is 17.0. The lowest BCUT2D eigenvalue weighted by Gasteiger charge is -2.19. The van der Waals surface area contributed by atoms with Crippen LogP contribution in [0.25, 0.3) is 0 Å². The highest BCUT2D eigenvalue weighted by atomic mass is 32.2. The number of nitrogens with zero attached hydrogens (tertiary/aromatic N) is 1. The van der Waals surface area contributed by atoms with Crippen LogP contribution in [0.2, 0.25) is 0 Å². The molecule has 1 fully saturated rings. The van der Waals surface area contributed by atoms with Crippen LogP contribution in [0.4, 0.5) is 0 Å². The molecule has 0 bridgehead atoms. The van der Waals surface area contributed by atoms with E-state index in [1.165, 1.54) is 0 Å². The van der Waals surface area contributed by atoms with E-state index in [4.69, 9.17) is 0 Å². The third kappa shape index (κ3) is 3.87. The van der Waals surface area contributed by atoms with Crippen molar-refractivity contribution in [3.05, 3.63) is 29.8 Å². The molecule has 1 atom stereocenters. The van der Waals surface area contributed by atoms with Gasteiger partial charge in [0.1, 0.15) is 0 Å². The maximum atomic E-state index is 12.3. The summed E-state index contributed by atoms with van der Waals surface area (Å²) in [7, 11) is -1.79. The molecule has 2 rings (SSSR count). The lowest BCUT2D eigenvalue weighted by molar-refractivity contribution is -0.126. The molecule has 1 aliphatic heterocycles. The zero-order chi connectivity index (χ0) is 16.5. The monoisotopic (exact) mass is 324 g/mol. The summed E-state index contributed by atoms with van der Waals surface area (Å²) >= 11 is 0. The van der Waals surface area contributed by atoms with Crippen LogP contribution in [-0.4, -0.2) is 39.4 Å². The van der Waals surface area contributed by atoms with Crippen LogP contribution in [0.15, 0.2) is 29.2 Å². The summed E-state index contributed by atoms with van der Waals surface area (Å²) in [5.74, 6) is 0.111. The lowest BCUT2D eigenvalue weighted by atomic mass is 9.87. The van der Waals surface area contributed by atoms with Crippen molar-refractivity contribution < 1.29 is 13.2 Å². The molecule has 1 unspecified atom stereocenters. The zero-order valence-corrected chi connectivity index (χ0v) is 14.4. The fourth-order valence-electron chi connectivity index (χ4n) is 2.54. The molecule has 1 heterocycles. The molecule has 0 aliphatic carbocycles. The van der Waals surface area contributed by atoms with E-state index in [1.54, 1.807) is 24.1 Å². The van der Waals surface area contributed by atoms with Crippen LogP contribution in [0.1, 0.15) is 32.8 Å². The fraction of sp³-hybridized carbons (Fsp3) is 0.562. The van der Waals surface area contributed by atoms with Gasteiger partial charge in [0.05, 0.1) is 4.90 Å². The van der Waals surface area contributed by atoms with Gasteiger partial charge in [0, 0.05) is 26.6 Å². The molecule has 5 nitrogen and oxygen atoms in total. The summed E-state index contributed by atoms with van der Waals surface area (Å²) in [5, 5.41) is 0. The molecular weight excluding hydrogens is 300 g/mol. The van der Waals surface area contributed by atoms with E-state index in [9.17, 15) is 13.2 Å². The van der Waals surface area contributed by atoms with Crippen molar-refractivity contribution in [2.75, 3.05) is 20.1 Å². The topological polar surface area (TPSA) is 66.5 Å². The van der Waals surface area contributed by atoms with E-state index >= 15 is 0 Å². The smallest absolute Gasteiger partial charge is 0.240 e. The first-order chi connectivity index (χ1) is 10.1. The number of benzene rings is 1. The number of carbonyl (C=O) groups excluding carboxylic acids is 1. The Kier molecular flexibility index (Phi) is 4.63. The van der Waals surface area contributed by atoms with Crippen molar-refractivity contribution in [1.82, 2.24) is 9.62 Å². The molecule has 0 spiro atoms. The standard InChI is InChI=1S/C16H24N2O3S/c1-16(2,3)13-5-7-14(8-6-13)22(20,21)17-10-12-9-15(19)18(4)11-12/h5-8,12,17H,9-11H2,1-4H3. The normalized spacial score (nSPS) is 19.7. The Hall–Kier alpha value is -1.40. The summed E-state index contributed by atoms with van der Waals surface area (Å²) in [6, 6.07) is 6.96. The average molecular weight is 324 g/mol. The Morgan fingerprint density at radius 3 is 2.27 bits per heavy atom. The third-order valence-electron chi connectivity index (χ3n) is 4.01. The molecule has 0 aromatic heterocycles. The van der Waals surface area contributed by atoms with E-state index in [-0.39, 0.29) is 22.1 Å². The molecule has 122 valence electrons. The second kappa shape index (κ2) is 6.01. The maximum Gasteiger partial charge on any atom is 0.240 e. The molecule has 1 aromatic rings. The van der Waals surface area contributed by atoms with Gasteiger partial charge in [-0.1, -0.05) is 32.9 Å². The van der Waals surface area contributed by atoms with Gasteiger partial charge < -0.3 is 4.90 Å². The summed E-state index contributed by atoms with van der Waals surface area (Å²) in [6.07, 6.45) is 0.405. The highest BCUT2D eigenvalue weighted by molar-refractivity contribution is 7.89. The van der Waals surface area contributed by atoms with Gasteiger partial charge in [-0.15, -0.1) is 0 Å². The largest absolute Gasteiger partial charge is 0.345 e. The van der Waals surface area contributed by atoms with Crippen molar-refractivity contribution in [3.63, 3.8) is 0 Å². The van der Waals surface area contributed by atoms with Crippen LogP contribution in [0.3, 0.4) is 0 Å². The minimum atomic E-state index is -3.52. The molecule has 1 saturated heterocycles. The van der Waals surface area contributed by atoms with Gasteiger partial charge in [-0.2, -0.15) is 0 Å². The third-order valence-corrected chi connectivity index (χ3v) is 5.45. The van der Waals surface area contributed by atoms with Crippen molar-refractivity contribution in [1.29, 1.82) is 0 Å². The first-order valence-corrected chi connectivity index (χ1v) is 8.92. The molecule has 0 saturated carbocycles. The highest BCUT2D eigenvalue weighted by Gasteiger charge is 2.28. The number of hydrogen-bond donors (Lipinski definition) is 1. The summed E-state index contributed by atoms with van der Waals surface area (Å²) in [4.78, 5) is 13.4. The number of likely N-dealkylation sites (tertiary alicyclic amines) is 1. The van der Waals surface area contributed by atoms with E-state index in [0.717, 1.165) is 5.56 Å². The molecule has 1 N–H and O–H groups in total. The minimum absolute atomic E-state index is 0.00941. The second-order valence-electron chi connectivity index (χ2n) is 6.97. The van der Waals surface area contributed by atoms with Gasteiger partial charge in [-0.05, 0) is 29.0 Å². The highest BCUT2D eigenvalue weighted by Crippen LogP contribution is 2.23. The molecule has 6 heteroatoms. The average Bonchev–Trinajstić information content (AvgIpc) is 2.75. The van der Waals surface area contributed by atoms with E-state index in [1.807, 2.05) is 12.1 Å². The lowest BCUT2D eigenvalue weighted by Crippen LogP contribution is -2.30. The number of rotatable bonds is 4. The van der Waals surface area contributed by atoms with Crippen LogP contribution in [0.5, 0.6) is 0 Å². The van der Waals surface area contributed by atoms with Crippen LogP contribution in [0, 0.1) is 5.92 Å². The number of carbonyl (C=O) groups is 1. The first-order valence-electron chi connectivity index (χ1n) is 7.44. The van der Waals surface area contributed by atoms with Gasteiger partial charge >= 0.3 is 0 Å². The molecule has 0 radical (unpaired) electrons. The van der Waals surface area contributed by atoms with Crippen LogP contribution in [-0.2, 0) is 20.2 Å². The van der Waals surface area contributed by atoms with Crippen molar-refractivity contribution in [3.8, 4) is 0 Å². The summed E-state index contributed by atoms with van der Waals surface area (Å²) in [5.41, 5.74) is 1.08. The predicted molar refractivity (Wildman–Crippen MR) is 86.1 cm³/mol. The Labute approximate surface area is 132 Å². The van der Waals surface area contributed by atoms with E-state index in [2.05, 4.69) is 25.5 Å². The summed E-state index contributed by atoms with van der Waals surface area (Å²) < 4.78 is 27.2. The number of amides is 1. The molecule has 1 aromatic carbocycles. The summed E-state index contributed by atoms with van der Waals surface area (Å²) in [6.45, 7) is 7.15. The Morgan fingerprint density at radius 1 is 1.23 bits per heavy atom. The van der Waals surface area contributed by atoms with Crippen LogP contribution >= 0.6 is 0 Å². The van der Waals surface area contributed by atoms with Crippen molar-refractivity contribution >= 4 is 15.9 Å². The molecule has 22 heavy (non-hydrogen) atoms. The molecule has 1 aliphatic rings. The SMILES string of the molecule is CN1CC(CNS(=O)(=O)c2ccc(C(C)(C)C)cc2)CC1=O. The zero-order valence-electron chi connectivity index (χ0n) is 13.6. The second-order valence-corrected chi connectivity index (χ2v) is 8.74. The van der Waals surface area contributed by atoms with E-state index in [0.29, 0.717) is 19.5 Å². The Bertz CT molecular complexity index is 645. The fourth-order valence-corrected chi connectivity index (χ4v) is 3.65. The number of sulfonamides is 1. The van der Waals surface area contributed by atoms with E-state index < -0.39 is 10.0 Å². The maximum absolute atomic E-state index is 12.3. The van der Waals surface area contributed by atoms with Crippen molar-refractivity contribution in [2.45, 2.75) is 37.5 Å². The Balaban J connectivity index is 2.03. The van der Waals surface area contributed by atoms with Crippen LogP contribution < -0.4 is 4.72 Å². The van der Waals surface area contributed by atoms with Gasteiger partial charge in [0.15, 0.2) is 0 Å². The quantitative estimate of drug-likeness (QED) is 0.917. The van der Waals surface area contributed by atoms with Gasteiger partial charge in [-0.3, -0.25) is 4.79 Å². The molecular formula is C16H24N2O3S. The van der Waals surface area contributed by atoms with Gasteiger partial charge in [-0.25, -0.2) is 13.1 Å².